The number of nitrogens with zero attached hydrogens (tertiary/aromatic N) is 2. The lowest BCUT2D eigenvalue weighted by atomic mass is 10.1. The predicted molar refractivity (Wildman–Crippen MR) is 78.5 cm³/mol. The highest BCUT2D eigenvalue weighted by Crippen LogP contribution is 2.19. The van der Waals surface area contributed by atoms with Crippen molar-refractivity contribution in [2.24, 2.45) is 0 Å². The fourth-order valence-electron chi connectivity index (χ4n) is 2.12. The topological polar surface area (TPSA) is 69.4 Å². The summed E-state index contributed by atoms with van der Waals surface area (Å²) in [5, 5.41) is 7.18. The Labute approximate surface area is 124 Å². The van der Waals surface area contributed by atoms with Gasteiger partial charge in [-0.15, -0.1) is 0 Å². The Hall–Kier alpha value is -1.92. The summed E-state index contributed by atoms with van der Waals surface area (Å²) in [6.07, 6.45) is 1.23. The second-order valence-electron chi connectivity index (χ2n) is 4.74. The molecule has 1 N–H and O–H groups in total. The maximum atomic E-state index is 5.33. The molecule has 114 valence electrons. The minimum Gasteiger partial charge on any atom is -0.496 e. The molecule has 6 nitrogen and oxygen atoms in total. The average Bonchev–Trinajstić information content (AvgIpc) is 2.94. The van der Waals surface area contributed by atoms with Gasteiger partial charge in [-0.25, -0.2) is 0 Å². The molecule has 2 aromatic rings. The van der Waals surface area contributed by atoms with E-state index in [2.05, 4.69) is 15.5 Å². The molecular weight excluding hydrogens is 270 g/mol. The number of hydrogen-bond acceptors (Lipinski definition) is 6. The number of aromatic nitrogens is 2. The first-order valence-corrected chi connectivity index (χ1v) is 6.86. The van der Waals surface area contributed by atoms with E-state index in [-0.39, 0.29) is 6.04 Å². The molecule has 1 heterocycles. The minimum absolute atomic E-state index is 0.162. The lowest BCUT2D eigenvalue weighted by Crippen LogP contribution is -2.32. The molecular formula is C15H21N3O3. The summed E-state index contributed by atoms with van der Waals surface area (Å²) in [5.74, 6) is 2.09. The standard InChI is InChI=1S/C15H21N3O3/c1-16-12(10-19-2)9-15-17-14(18-21-15)8-11-6-4-5-7-13(11)20-3/h4-7,12,16H,8-10H2,1-3H3. The van der Waals surface area contributed by atoms with Crippen molar-refractivity contribution in [3.8, 4) is 5.75 Å². The van der Waals surface area contributed by atoms with Crippen molar-refractivity contribution in [1.29, 1.82) is 0 Å². The number of methoxy groups -OCH3 is 2. The van der Waals surface area contributed by atoms with E-state index in [1.165, 1.54) is 0 Å². The predicted octanol–water partition coefficient (Wildman–Crippen LogP) is 1.45. The molecule has 0 amide bonds. The van der Waals surface area contributed by atoms with Crippen LogP contribution < -0.4 is 10.1 Å². The van der Waals surface area contributed by atoms with Gasteiger partial charge in [-0.3, -0.25) is 0 Å². The summed E-state index contributed by atoms with van der Waals surface area (Å²) >= 11 is 0. The molecule has 0 fully saturated rings. The van der Waals surface area contributed by atoms with Gasteiger partial charge < -0.3 is 19.3 Å². The summed E-state index contributed by atoms with van der Waals surface area (Å²) in [7, 11) is 5.21. The van der Waals surface area contributed by atoms with Crippen LogP contribution in [-0.2, 0) is 17.6 Å². The largest absolute Gasteiger partial charge is 0.496 e. The summed E-state index contributed by atoms with van der Waals surface area (Å²) in [4.78, 5) is 4.42. The molecule has 2 rings (SSSR count). The quantitative estimate of drug-likeness (QED) is 0.794. The smallest absolute Gasteiger partial charge is 0.228 e. The second kappa shape index (κ2) is 7.75. The van der Waals surface area contributed by atoms with Crippen LogP contribution in [0.3, 0.4) is 0 Å². The number of likely N-dealkylation sites (N-methyl/N-ethyl adjacent to an activating group) is 1. The van der Waals surface area contributed by atoms with Crippen LogP contribution in [0.15, 0.2) is 28.8 Å². The molecule has 0 radical (unpaired) electrons. The van der Waals surface area contributed by atoms with E-state index < -0.39 is 0 Å². The first kappa shape index (κ1) is 15.5. The summed E-state index contributed by atoms with van der Waals surface area (Å²) < 4.78 is 15.7. The molecule has 1 atom stereocenters. The number of hydrogen-bond donors (Lipinski definition) is 1. The summed E-state index contributed by atoms with van der Waals surface area (Å²) in [6, 6.07) is 7.98. The van der Waals surface area contributed by atoms with Gasteiger partial charge in [0.2, 0.25) is 5.89 Å². The Kier molecular flexibility index (Phi) is 5.71. The van der Waals surface area contributed by atoms with Crippen LogP contribution in [0, 0.1) is 0 Å². The Morgan fingerprint density at radius 2 is 2.10 bits per heavy atom. The Morgan fingerprint density at radius 3 is 2.81 bits per heavy atom. The normalized spacial score (nSPS) is 12.3. The first-order valence-electron chi connectivity index (χ1n) is 6.86. The zero-order chi connectivity index (χ0) is 15.1. The molecule has 0 spiro atoms. The van der Waals surface area contributed by atoms with Gasteiger partial charge in [-0.05, 0) is 13.1 Å². The third kappa shape index (κ3) is 4.27. The fourth-order valence-corrected chi connectivity index (χ4v) is 2.12. The Morgan fingerprint density at radius 1 is 1.29 bits per heavy atom. The lowest BCUT2D eigenvalue weighted by Gasteiger charge is -2.11. The molecule has 0 aliphatic carbocycles. The van der Waals surface area contributed by atoms with Crippen molar-refractivity contribution in [2.75, 3.05) is 27.9 Å². The molecule has 1 unspecified atom stereocenters. The van der Waals surface area contributed by atoms with Crippen LogP contribution in [0.1, 0.15) is 17.3 Å². The van der Waals surface area contributed by atoms with Gasteiger partial charge in [-0.2, -0.15) is 4.98 Å². The van der Waals surface area contributed by atoms with Gasteiger partial charge in [0.1, 0.15) is 5.75 Å². The number of nitrogens with one attached hydrogen (secondary N) is 1. The third-order valence-corrected chi connectivity index (χ3v) is 3.25. The molecule has 0 aliphatic rings. The molecule has 0 aliphatic heterocycles. The van der Waals surface area contributed by atoms with E-state index in [0.717, 1.165) is 11.3 Å². The Balaban J connectivity index is 2.03. The van der Waals surface area contributed by atoms with E-state index >= 15 is 0 Å². The van der Waals surface area contributed by atoms with Crippen LogP contribution in [0.5, 0.6) is 5.75 Å². The third-order valence-electron chi connectivity index (χ3n) is 3.25. The highest BCUT2D eigenvalue weighted by atomic mass is 16.5. The first-order chi connectivity index (χ1) is 10.3. The van der Waals surface area contributed by atoms with Gasteiger partial charge in [0, 0.05) is 31.6 Å². The zero-order valence-corrected chi connectivity index (χ0v) is 12.6. The van der Waals surface area contributed by atoms with Crippen LogP contribution in [0.4, 0.5) is 0 Å². The van der Waals surface area contributed by atoms with Crippen molar-refractivity contribution < 1.29 is 14.0 Å². The van der Waals surface area contributed by atoms with E-state index in [4.69, 9.17) is 14.0 Å². The van der Waals surface area contributed by atoms with Crippen molar-refractivity contribution >= 4 is 0 Å². The van der Waals surface area contributed by atoms with E-state index in [1.54, 1.807) is 14.2 Å². The summed E-state index contributed by atoms with van der Waals surface area (Å²) in [5.41, 5.74) is 1.04. The highest BCUT2D eigenvalue weighted by molar-refractivity contribution is 5.35. The summed E-state index contributed by atoms with van der Waals surface area (Å²) in [6.45, 7) is 0.598. The van der Waals surface area contributed by atoms with Gasteiger partial charge in [0.05, 0.1) is 13.7 Å². The van der Waals surface area contributed by atoms with Crippen LogP contribution in [0.2, 0.25) is 0 Å². The molecule has 21 heavy (non-hydrogen) atoms. The van der Waals surface area contributed by atoms with E-state index in [0.29, 0.717) is 31.2 Å². The average molecular weight is 291 g/mol. The van der Waals surface area contributed by atoms with Crippen LogP contribution in [0.25, 0.3) is 0 Å². The van der Waals surface area contributed by atoms with Crippen molar-refractivity contribution in [1.82, 2.24) is 15.5 Å². The van der Waals surface area contributed by atoms with E-state index in [1.807, 2.05) is 31.3 Å². The van der Waals surface area contributed by atoms with Crippen molar-refractivity contribution in [2.45, 2.75) is 18.9 Å². The molecule has 0 bridgehead atoms. The monoisotopic (exact) mass is 291 g/mol. The maximum absolute atomic E-state index is 5.33. The fraction of sp³-hybridized carbons (Fsp3) is 0.467. The van der Waals surface area contributed by atoms with Gasteiger partial charge in [-0.1, -0.05) is 23.4 Å². The van der Waals surface area contributed by atoms with Crippen LogP contribution in [-0.4, -0.2) is 44.1 Å². The van der Waals surface area contributed by atoms with Crippen LogP contribution >= 0.6 is 0 Å². The SMILES string of the molecule is CNC(COC)Cc1nc(Cc2ccccc2OC)no1. The molecule has 0 saturated heterocycles. The lowest BCUT2D eigenvalue weighted by molar-refractivity contribution is 0.165. The number of benzene rings is 1. The van der Waals surface area contributed by atoms with Crippen molar-refractivity contribution in [3.63, 3.8) is 0 Å². The molecule has 0 saturated carbocycles. The zero-order valence-electron chi connectivity index (χ0n) is 12.6. The number of rotatable bonds is 8. The van der Waals surface area contributed by atoms with Gasteiger partial charge >= 0.3 is 0 Å². The molecule has 1 aromatic carbocycles. The highest BCUT2D eigenvalue weighted by Gasteiger charge is 2.14. The van der Waals surface area contributed by atoms with Gasteiger partial charge in [0.25, 0.3) is 0 Å². The Bertz CT molecular complexity index is 557. The van der Waals surface area contributed by atoms with Crippen molar-refractivity contribution in [3.05, 3.63) is 41.5 Å². The second-order valence-corrected chi connectivity index (χ2v) is 4.74. The number of ether oxygens (including phenoxy) is 2. The molecule has 6 heteroatoms. The maximum Gasteiger partial charge on any atom is 0.228 e. The van der Waals surface area contributed by atoms with E-state index in [9.17, 15) is 0 Å². The molecule has 1 aromatic heterocycles. The minimum atomic E-state index is 0.162. The number of para-hydroxylation sites is 1. The van der Waals surface area contributed by atoms with Gasteiger partial charge in [0.15, 0.2) is 5.82 Å².